The quantitative estimate of drug-likeness (QED) is 0.584. The Balaban J connectivity index is 0.000000211. The Morgan fingerprint density at radius 3 is 1.75 bits per heavy atom. The standard InChI is InChI=1S/C4H10O3.C4H8O/c5-1-3-7-4-2-6;1-2-4-5-3-1/h5-6H,1-4H2;1-4H2. The van der Waals surface area contributed by atoms with Gasteiger partial charge in [-0.05, 0) is 12.8 Å². The largest absolute Gasteiger partial charge is 0.394 e. The highest BCUT2D eigenvalue weighted by Crippen LogP contribution is 1.98. The second-order valence-electron chi connectivity index (χ2n) is 2.38. The second kappa shape index (κ2) is 10.8. The van der Waals surface area contributed by atoms with Crippen molar-refractivity contribution >= 4 is 0 Å². The molecule has 1 aliphatic heterocycles. The van der Waals surface area contributed by atoms with E-state index in [4.69, 9.17) is 14.9 Å². The zero-order chi connectivity index (χ0) is 9.07. The Hall–Kier alpha value is -0.160. The lowest BCUT2D eigenvalue weighted by Gasteiger charge is -1.94. The molecule has 2 N–H and O–H groups in total. The van der Waals surface area contributed by atoms with Gasteiger partial charge in [-0.3, -0.25) is 0 Å². The minimum atomic E-state index is 0.0278. The molecule has 0 aromatic heterocycles. The fraction of sp³-hybridized carbons (Fsp3) is 1.00. The molecule has 0 aromatic carbocycles. The predicted molar refractivity (Wildman–Crippen MR) is 45.0 cm³/mol. The third-order valence-corrected chi connectivity index (χ3v) is 1.30. The predicted octanol–water partition coefficient (Wildman–Crippen LogP) is -0.216. The molecule has 0 saturated carbocycles. The number of aliphatic hydroxyl groups is 2. The number of hydrogen-bond acceptors (Lipinski definition) is 4. The van der Waals surface area contributed by atoms with Crippen molar-refractivity contribution in [3.63, 3.8) is 0 Å². The fourth-order valence-electron chi connectivity index (χ4n) is 0.741. The van der Waals surface area contributed by atoms with Gasteiger partial charge in [0.1, 0.15) is 0 Å². The zero-order valence-corrected chi connectivity index (χ0v) is 7.37. The van der Waals surface area contributed by atoms with E-state index >= 15 is 0 Å². The van der Waals surface area contributed by atoms with Gasteiger partial charge in [0, 0.05) is 13.2 Å². The lowest BCUT2D eigenvalue weighted by atomic mass is 10.4. The number of aliphatic hydroxyl groups excluding tert-OH is 2. The molecule has 0 aliphatic carbocycles. The Morgan fingerprint density at radius 2 is 1.50 bits per heavy atom. The maximum absolute atomic E-state index is 8.09. The van der Waals surface area contributed by atoms with Crippen LogP contribution in [0.1, 0.15) is 12.8 Å². The Bertz CT molecular complexity index is 61.8. The molecule has 0 amide bonds. The van der Waals surface area contributed by atoms with Gasteiger partial charge in [-0.1, -0.05) is 0 Å². The van der Waals surface area contributed by atoms with E-state index in [0.717, 1.165) is 13.2 Å². The molecule has 74 valence electrons. The lowest BCUT2D eigenvalue weighted by Crippen LogP contribution is -2.03. The van der Waals surface area contributed by atoms with Crippen LogP contribution < -0.4 is 0 Å². The van der Waals surface area contributed by atoms with Crippen molar-refractivity contribution in [1.29, 1.82) is 0 Å². The molecule has 0 aromatic rings. The van der Waals surface area contributed by atoms with Gasteiger partial charge in [0.2, 0.25) is 0 Å². The van der Waals surface area contributed by atoms with Crippen molar-refractivity contribution in [2.75, 3.05) is 39.6 Å². The lowest BCUT2D eigenvalue weighted by molar-refractivity contribution is 0.0650. The molecule has 4 nitrogen and oxygen atoms in total. The van der Waals surface area contributed by atoms with Crippen LogP contribution in [0.2, 0.25) is 0 Å². The minimum absolute atomic E-state index is 0.0278. The van der Waals surface area contributed by atoms with Gasteiger partial charge in [0.15, 0.2) is 0 Å². The molecule has 0 atom stereocenters. The summed E-state index contributed by atoms with van der Waals surface area (Å²) in [5, 5.41) is 16.2. The summed E-state index contributed by atoms with van der Waals surface area (Å²) in [5.41, 5.74) is 0. The summed E-state index contributed by atoms with van der Waals surface area (Å²) in [6, 6.07) is 0. The summed E-state index contributed by atoms with van der Waals surface area (Å²) >= 11 is 0. The first-order chi connectivity index (χ1) is 5.91. The molecule has 0 radical (unpaired) electrons. The van der Waals surface area contributed by atoms with Crippen LogP contribution >= 0.6 is 0 Å². The average molecular weight is 178 g/mol. The van der Waals surface area contributed by atoms with Gasteiger partial charge in [0.25, 0.3) is 0 Å². The van der Waals surface area contributed by atoms with Crippen molar-refractivity contribution in [1.82, 2.24) is 0 Å². The highest BCUT2D eigenvalue weighted by molar-refractivity contribution is 4.43. The molecular formula is C8H18O4. The van der Waals surface area contributed by atoms with Gasteiger partial charge in [-0.25, -0.2) is 0 Å². The highest BCUT2D eigenvalue weighted by Gasteiger charge is 1.94. The van der Waals surface area contributed by atoms with Gasteiger partial charge in [-0.2, -0.15) is 0 Å². The second-order valence-corrected chi connectivity index (χ2v) is 2.38. The molecule has 1 aliphatic rings. The molecule has 4 heteroatoms. The van der Waals surface area contributed by atoms with Crippen LogP contribution in [0.3, 0.4) is 0 Å². The van der Waals surface area contributed by atoms with Crippen molar-refractivity contribution in [2.45, 2.75) is 12.8 Å². The van der Waals surface area contributed by atoms with Crippen LogP contribution in [0.5, 0.6) is 0 Å². The first kappa shape index (κ1) is 11.8. The van der Waals surface area contributed by atoms with Crippen LogP contribution in [-0.4, -0.2) is 49.9 Å². The molecule has 1 heterocycles. The Labute approximate surface area is 73.1 Å². The highest BCUT2D eigenvalue weighted by atomic mass is 16.5. The fourth-order valence-corrected chi connectivity index (χ4v) is 0.741. The van der Waals surface area contributed by atoms with E-state index in [2.05, 4.69) is 4.74 Å². The van der Waals surface area contributed by atoms with E-state index in [1.165, 1.54) is 12.8 Å². The van der Waals surface area contributed by atoms with Crippen molar-refractivity contribution < 1.29 is 19.7 Å². The topological polar surface area (TPSA) is 58.9 Å². The summed E-state index contributed by atoms with van der Waals surface area (Å²) in [7, 11) is 0. The molecular weight excluding hydrogens is 160 g/mol. The molecule has 12 heavy (non-hydrogen) atoms. The Kier molecular flexibility index (Phi) is 10.7. The summed E-state index contributed by atoms with van der Waals surface area (Å²) in [6.45, 7) is 2.70. The monoisotopic (exact) mass is 178 g/mol. The van der Waals surface area contributed by atoms with Crippen LogP contribution in [0.4, 0.5) is 0 Å². The third-order valence-electron chi connectivity index (χ3n) is 1.30. The normalized spacial score (nSPS) is 15.5. The van der Waals surface area contributed by atoms with Crippen LogP contribution in [0, 0.1) is 0 Å². The molecule has 1 saturated heterocycles. The number of hydrogen-bond donors (Lipinski definition) is 2. The summed E-state index contributed by atoms with van der Waals surface area (Å²) in [4.78, 5) is 0. The van der Waals surface area contributed by atoms with Crippen molar-refractivity contribution in [3.8, 4) is 0 Å². The third kappa shape index (κ3) is 9.84. The SMILES string of the molecule is C1CCOC1.OCCOCCO. The van der Waals surface area contributed by atoms with Crippen LogP contribution in [0.25, 0.3) is 0 Å². The van der Waals surface area contributed by atoms with E-state index in [9.17, 15) is 0 Å². The van der Waals surface area contributed by atoms with E-state index in [-0.39, 0.29) is 13.2 Å². The van der Waals surface area contributed by atoms with E-state index < -0.39 is 0 Å². The van der Waals surface area contributed by atoms with Crippen molar-refractivity contribution in [2.24, 2.45) is 0 Å². The Morgan fingerprint density at radius 1 is 1.00 bits per heavy atom. The molecule has 0 spiro atoms. The van der Waals surface area contributed by atoms with Gasteiger partial charge in [-0.15, -0.1) is 0 Å². The molecule has 0 unspecified atom stereocenters. The number of ether oxygens (including phenoxy) is 2. The first-order valence-electron chi connectivity index (χ1n) is 4.29. The first-order valence-corrected chi connectivity index (χ1v) is 4.29. The maximum atomic E-state index is 8.09. The molecule has 0 bridgehead atoms. The summed E-state index contributed by atoms with van der Waals surface area (Å²) in [6.07, 6.45) is 2.56. The average Bonchev–Trinajstić information content (AvgIpc) is 2.62. The molecule has 1 rings (SSSR count). The summed E-state index contributed by atoms with van der Waals surface area (Å²) < 4.78 is 9.58. The maximum Gasteiger partial charge on any atom is 0.0698 e. The number of rotatable bonds is 4. The van der Waals surface area contributed by atoms with Gasteiger partial charge < -0.3 is 19.7 Å². The van der Waals surface area contributed by atoms with Gasteiger partial charge >= 0.3 is 0 Å². The van der Waals surface area contributed by atoms with E-state index in [0.29, 0.717) is 13.2 Å². The van der Waals surface area contributed by atoms with E-state index in [1.807, 2.05) is 0 Å². The summed E-state index contributed by atoms with van der Waals surface area (Å²) in [5.74, 6) is 0. The van der Waals surface area contributed by atoms with Crippen LogP contribution in [-0.2, 0) is 9.47 Å². The van der Waals surface area contributed by atoms with Gasteiger partial charge in [0.05, 0.1) is 26.4 Å². The van der Waals surface area contributed by atoms with E-state index in [1.54, 1.807) is 0 Å². The molecule has 1 fully saturated rings. The zero-order valence-electron chi connectivity index (χ0n) is 7.37. The smallest absolute Gasteiger partial charge is 0.0698 e. The van der Waals surface area contributed by atoms with Crippen LogP contribution in [0.15, 0.2) is 0 Å². The minimum Gasteiger partial charge on any atom is -0.394 e. The van der Waals surface area contributed by atoms with Crippen molar-refractivity contribution in [3.05, 3.63) is 0 Å².